The van der Waals surface area contributed by atoms with Crippen molar-refractivity contribution in [2.45, 2.75) is 0 Å². The summed E-state index contributed by atoms with van der Waals surface area (Å²) in [6.07, 6.45) is 5.84. The fraction of sp³-hybridized carbons (Fsp3) is 0.167. The van der Waals surface area contributed by atoms with Crippen molar-refractivity contribution in [3.63, 3.8) is 0 Å². The molecule has 0 spiro atoms. The third-order valence-corrected chi connectivity index (χ3v) is 0.945. The fourth-order valence-corrected chi connectivity index (χ4v) is 0.515. The molecule has 0 bridgehead atoms. The molecule has 46 valence electrons. The van der Waals surface area contributed by atoms with E-state index in [1.165, 1.54) is 7.11 Å². The van der Waals surface area contributed by atoms with Gasteiger partial charge in [-0.2, -0.15) is 5.32 Å². The number of hydrogen-bond donors (Lipinski definition) is 1. The van der Waals surface area contributed by atoms with Crippen LogP contribution in [0.1, 0.15) is 0 Å². The van der Waals surface area contributed by atoms with Crippen molar-refractivity contribution in [2.75, 3.05) is 7.11 Å². The highest BCUT2D eigenvalue weighted by Gasteiger charge is 2.19. The molecule has 0 amide bonds. The second-order valence-electron chi connectivity index (χ2n) is 1.51. The van der Waals surface area contributed by atoms with E-state index in [2.05, 4.69) is 16.3 Å². The van der Waals surface area contributed by atoms with Crippen molar-refractivity contribution >= 4 is 5.97 Å². The molecule has 3 nitrogen and oxygen atoms in total. The van der Waals surface area contributed by atoms with Crippen LogP contribution in [-0.4, -0.2) is 13.1 Å². The van der Waals surface area contributed by atoms with E-state index in [1.54, 1.807) is 12.2 Å². The smallest absolute Gasteiger partial charge is 0.426 e. The largest absolute Gasteiger partial charge is 0.453 e. The average Bonchev–Trinajstić information content (AvgIpc) is 2.37. The Morgan fingerprint density at radius 2 is 2.67 bits per heavy atom. The quantitative estimate of drug-likeness (QED) is 0.394. The molecule has 0 saturated carbocycles. The molecule has 0 atom stereocenters. The molecule has 1 heterocycles. The molecule has 0 aromatic heterocycles. The highest BCUT2D eigenvalue weighted by molar-refractivity contribution is 5.88. The molecule has 0 aromatic carbocycles. The van der Waals surface area contributed by atoms with Gasteiger partial charge in [-0.3, -0.25) is 0 Å². The maximum atomic E-state index is 10.6. The van der Waals surface area contributed by atoms with Crippen LogP contribution in [0.2, 0.25) is 0 Å². The minimum Gasteiger partial charge on any atom is -0.453 e. The molecule has 0 aromatic rings. The Morgan fingerprint density at radius 1 is 1.89 bits per heavy atom. The first-order valence-electron chi connectivity index (χ1n) is 2.48. The molecule has 0 aliphatic carbocycles. The Morgan fingerprint density at radius 3 is 3.11 bits per heavy atom. The first kappa shape index (κ1) is 5.79. The van der Waals surface area contributed by atoms with Crippen molar-refractivity contribution < 1.29 is 9.53 Å². The standard InChI is InChI=1S/C6H5NO2/c1-9-6(8)5-3-2-4-7-5/h2-3H,1H3/p+1. The van der Waals surface area contributed by atoms with E-state index in [1.807, 2.05) is 0 Å². The topological polar surface area (TPSA) is 38.3 Å². The minimum absolute atomic E-state index is 0.365. The van der Waals surface area contributed by atoms with Gasteiger partial charge in [0.2, 0.25) is 0 Å². The molecule has 0 fully saturated rings. The molecule has 0 unspecified atom stereocenters. The number of ether oxygens (including phenoxy) is 1. The molecule has 1 N–H and O–H groups in total. The van der Waals surface area contributed by atoms with Crippen LogP contribution < -0.4 is 5.32 Å². The van der Waals surface area contributed by atoms with Gasteiger partial charge in [0.1, 0.15) is 18.4 Å². The van der Waals surface area contributed by atoms with E-state index in [4.69, 9.17) is 0 Å². The van der Waals surface area contributed by atoms with Gasteiger partial charge in [0.25, 0.3) is 5.70 Å². The van der Waals surface area contributed by atoms with Gasteiger partial charge in [-0.1, -0.05) is 0 Å². The Labute approximate surface area is 53.0 Å². The molecule has 1 rings (SSSR count). The first-order chi connectivity index (χ1) is 4.34. The number of esters is 1. The summed E-state index contributed by atoms with van der Waals surface area (Å²) in [5.74, 6) is -0.365. The van der Waals surface area contributed by atoms with Crippen molar-refractivity contribution in [2.24, 2.45) is 0 Å². The number of carbonyl (C=O) groups excluding carboxylic acids is 1. The van der Waals surface area contributed by atoms with Gasteiger partial charge in [-0.05, 0) is 0 Å². The molecule has 9 heavy (non-hydrogen) atoms. The van der Waals surface area contributed by atoms with Gasteiger partial charge in [-0.15, -0.1) is 0 Å². The van der Waals surface area contributed by atoms with Crippen LogP contribution >= 0.6 is 0 Å². The fourth-order valence-electron chi connectivity index (χ4n) is 0.515. The lowest BCUT2D eigenvalue weighted by Crippen LogP contribution is -2.13. The summed E-state index contributed by atoms with van der Waals surface area (Å²) in [5.41, 5.74) is 0.428. The maximum absolute atomic E-state index is 10.6. The molecular weight excluding hydrogens is 118 g/mol. The zero-order chi connectivity index (χ0) is 6.69. The van der Waals surface area contributed by atoms with E-state index in [9.17, 15) is 4.79 Å². The van der Waals surface area contributed by atoms with Crippen LogP contribution in [-0.2, 0) is 9.53 Å². The number of carbonyl (C=O) groups is 1. The SMILES string of the molecule is COC(=O)C1=CC=[C+]N1. The van der Waals surface area contributed by atoms with Crippen LogP contribution in [0.25, 0.3) is 0 Å². The first-order valence-corrected chi connectivity index (χ1v) is 2.48. The lowest BCUT2D eigenvalue weighted by molar-refractivity contribution is -0.136. The van der Waals surface area contributed by atoms with Crippen molar-refractivity contribution in [1.29, 1.82) is 0 Å². The highest BCUT2D eigenvalue weighted by atomic mass is 16.5. The van der Waals surface area contributed by atoms with Crippen LogP contribution in [0.5, 0.6) is 0 Å². The summed E-state index contributed by atoms with van der Waals surface area (Å²) in [4.78, 5) is 10.6. The summed E-state index contributed by atoms with van der Waals surface area (Å²) in [6.45, 7) is 0. The number of nitrogens with one attached hydrogen (secondary N) is 1. The summed E-state index contributed by atoms with van der Waals surface area (Å²) < 4.78 is 4.40. The Kier molecular flexibility index (Phi) is 1.47. The van der Waals surface area contributed by atoms with E-state index < -0.39 is 0 Å². The number of rotatable bonds is 1. The summed E-state index contributed by atoms with van der Waals surface area (Å²) in [6, 6.07) is 0. The van der Waals surface area contributed by atoms with E-state index in [0.717, 1.165) is 0 Å². The monoisotopic (exact) mass is 124 g/mol. The lowest BCUT2D eigenvalue weighted by atomic mass is 10.4. The lowest BCUT2D eigenvalue weighted by Gasteiger charge is -1.88. The Balaban J connectivity index is 2.55. The molecule has 1 aliphatic rings. The molecule has 3 heteroatoms. The zero-order valence-electron chi connectivity index (χ0n) is 4.97. The second-order valence-corrected chi connectivity index (χ2v) is 1.51. The molecule has 0 saturated heterocycles. The zero-order valence-corrected chi connectivity index (χ0v) is 4.97. The highest BCUT2D eigenvalue weighted by Crippen LogP contribution is 1.97. The summed E-state index contributed by atoms with van der Waals surface area (Å²) in [5, 5.41) is 2.59. The third kappa shape index (κ3) is 1.06. The third-order valence-electron chi connectivity index (χ3n) is 0.945. The molecular formula is C6H6NO2+. The van der Waals surface area contributed by atoms with E-state index in [0.29, 0.717) is 5.70 Å². The van der Waals surface area contributed by atoms with Gasteiger partial charge in [0.05, 0.1) is 7.11 Å². The minimum atomic E-state index is -0.365. The predicted octanol–water partition coefficient (Wildman–Crippen LogP) is -0.0366. The van der Waals surface area contributed by atoms with Crippen molar-refractivity contribution in [3.8, 4) is 0 Å². The maximum Gasteiger partial charge on any atom is 0.426 e. The Bertz CT molecular complexity index is 181. The number of methoxy groups -OCH3 is 1. The summed E-state index contributed by atoms with van der Waals surface area (Å²) in [7, 11) is 1.34. The van der Waals surface area contributed by atoms with Gasteiger partial charge in [-0.25, -0.2) is 4.79 Å². The predicted molar refractivity (Wildman–Crippen MR) is 31.0 cm³/mol. The molecule has 0 radical (unpaired) electrons. The Hall–Kier alpha value is -1.34. The summed E-state index contributed by atoms with van der Waals surface area (Å²) >= 11 is 0. The van der Waals surface area contributed by atoms with Crippen molar-refractivity contribution in [3.05, 3.63) is 24.0 Å². The van der Waals surface area contributed by atoms with Crippen LogP contribution in [0.3, 0.4) is 0 Å². The van der Waals surface area contributed by atoms with Gasteiger partial charge in [0.15, 0.2) is 0 Å². The van der Waals surface area contributed by atoms with Gasteiger partial charge in [0, 0.05) is 0 Å². The van der Waals surface area contributed by atoms with Crippen LogP contribution in [0, 0.1) is 6.20 Å². The van der Waals surface area contributed by atoms with Gasteiger partial charge >= 0.3 is 5.97 Å². The van der Waals surface area contributed by atoms with E-state index in [-0.39, 0.29) is 5.97 Å². The van der Waals surface area contributed by atoms with Crippen LogP contribution in [0.15, 0.2) is 17.8 Å². The normalized spacial score (nSPS) is 13.7. The second kappa shape index (κ2) is 2.29. The average molecular weight is 124 g/mol. The van der Waals surface area contributed by atoms with Crippen molar-refractivity contribution in [1.82, 2.24) is 5.32 Å². The number of allylic oxidation sites excluding steroid dienone is 2. The van der Waals surface area contributed by atoms with Crippen LogP contribution in [0.4, 0.5) is 0 Å². The van der Waals surface area contributed by atoms with E-state index >= 15 is 0 Å². The molecule has 1 aliphatic heterocycles. The van der Waals surface area contributed by atoms with Gasteiger partial charge < -0.3 is 4.74 Å². The number of hydrogen-bond acceptors (Lipinski definition) is 3.